The quantitative estimate of drug-likeness (QED) is 0.829. The molecule has 1 heterocycles. The van der Waals surface area contributed by atoms with E-state index >= 15 is 0 Å². The van der Waals surface area contributed by atoms with Crippen LogP contribution in [0.4, 0.5) is 0 Å². The molecule has 1 aromatic rings. The fraction of sp³-hybridized carbons (Fsp3) is 0.619. The largest absolute Gasteiger partial charge is 0.490 e. The molecule has 3 rings (SSSR count). The van der Waals surface area contributed by atoms with Crippen LogP contribution in [0.3, 0.4) is 0 Å². The van der Waals surface area contributed by atoms with E-state index in [1.807, 2.05) is 41.1 Å². The van der Waals surface area contributed by atoms with Crippen LogP contribution >= 0.6 is 0 Å². The van der Waals surface area contributed by atoms with Crippen molar-refractivity contribution in [2.24, 2.45) is 0 Å². The molecular weight excluding hydrogens is 344 g/mol. The SMILES string of the molecule is CN(CC(=O)O)C1CCCN(C(=O)c2ccc(OC3CCCC3)cc2)CC1. The lowest BCUT2D eigenvalue weighted by Crippen LogP contribution is -2.37. The third-order valence-corrected chi connectivity index (χ3v) is 5.70. The van der Waals surface area contributed by atoms with Crippen molar-refractivity contribution in [3.05, 3.63) is 29.8 Å². The van der Waals surface area contributed by atoms with Gasteiger partial charge < -0.3 is 14.7 Å². The Balaban J connectivity index is 1.54. The smallest absolute Gasteiger partial charge is 0.317 e. The van der Waals surface area contributed by atoms with Crippen LogP contribution in [0.5, 0.6) is 5.75 Å². The van der Waals surface area contributed by atoms with Gasteiger partial charge in [-0.3, -0.25) is 14.5 Å². The lowest BCUT2D eigenvalue weighted by Gasteiger charge is -2.25. The first kappa shape index (κ1) is 19.7. The van der Waals surface area contributed by atoms with Crippen LogP contribution < -0.4 is 4.74 Å². The van der Waals surface area contributed by atoms with Crippen molar-refractivity contribution in [3.8, 4) is 5.75 Å². The number of nitrogens with zero attached hydrogens (tertiary/aromatic N) is 2. The zero-order chi connectivity index (χ0) is 19.2. The number of ether oxygens (including phenoxy) is 1. The van der Waals surface area contributed by atoms with E-state index in [0.717, 1.165) is 44.4 Å². The fourth-order valence-electron chi connectivity index (χ4n) is 4.12. The van der Waals surface area contributed by atoms with Gasteiger partial charge in [-0.05, 0) is 76.3 Å². The molecule has 1 amide bonds. The van der Waals surface area contributed by atoms with E-state index in [4.69, 9.17) is 9.84 Å². The van der Waals surface area contributed by atoms with Crippen LogP contribution in [0.25, 0.3) is 0 Å². The van der Waals surface area contributed by atoms with Gasteiger partial charge in [0.05, 0.1) is 12.6 Å². The van der Waals surface area contributed by atoms with Gasteiger partial charge in [0.15, 0.2) is 0 Å². The monoisotopic (exact) mass is 374 g/mol. The van der Waals surface area contributed by atoms with Crippen molar-refractivity contribution in [3.63, 3.8) is 0 Å². The van der Waals surface area contributed by atoms with Crippen molar-refractivity contribution in [1.82, 2.24) is 9.80 Å². The standard InChI is InChI=1S/C21H30N2O4/c1-22(15-20(24)25)17-5-4-13-23(14-12-17)21(26)16-8-10-19(11-9-16)27-18-6-2-3-7-18/h8-11,17-18H,2-7,12-15H2,1H3,(H,24,25). The Morgan fingerprint density at radius 2 is 1.78 bits per heavy atom. The number of carbonyl (C=O) groups excluding carboxylic acids is 1. The molecular formula is C21H30N2O4. The number of amides is 1. The van der Waals surface area contributed by atoms with Gasteiger partial charge in [-0.2, -0.15) is 0 Å². The van der Waals surface area contributed by atoms with Gasteiger partial charge in [0.2, 0.25) is 0 Å². The van der Waals surface area contributed by atoms with Crippen LogP contribution in [-0.4, -0.2) is 65.6 Å². The van der Waals surface area contributed by atoms with E-state index in [2.05, 4.69) is 0 Å². The summed E-state index contributed by atoms with van der Waals surface area (Å²) in [5.41, 5.74) is 0.686. The molecule has 0 radical (unpaired) electrons. The minimum absolute atomic E-state index is 0.0427. The van der Waals surface area contributed by atoms with E-state index < -0.39 is 5.97 Å². The molecule has 0 bridgehead atoms. The molecule has 1 aliphatic heterocycles. The van der Waals surface area contributed by atoms with Crippen molar-refractivity contribution < 1.29 is 19.4 Å². The molecule has 1 unspecified atom stereocenters. The van der Waals surface area contributed by atoms with Crippen molar-refractivity contribution in [2.45, 2.75) is 57.1 Å². The summed E-state index contributed by atoms with van der Waals surface area (Å²) in [4.78, 5) is 27.5. The average Bonchev–Trinajstić information content (AvgIpc) is 3.02. The third kappa shape index (κ3) is 5.45. The van der Waals surface area contributed by atoms with E-state index in [-0.39, 0.29) is 18.5 Å². The van der Waals surface area contributed by atoms with Crippen LogP contribution in [0.2, 0.25) is 0 Å². The van der Waals surface area contributed by atoms with Crippen molar-refractivity contribution >= 4 is 11.9 Å². The molecule has 27 heavy (non-hydrogen) atoms. The van der Waals surface area contributed by atoms with Crippen molar-refractivity contribution in [2.75, 3.05) is 26.7 Å². The second-order valence-corrected chi connectivity index (χ2v) is 7.73. The number of hydrogen-bond acceptors (Lipinski definition) is 4. The summed E-state index contributed by atoms with van der Waals surface area (Å²) in [7, 11) is 1.85. The summed E-state index contributed by atoms with van der Waals surface area (Å²) < 4.78 is 5.97. The second-order valence-electron chi connectivity index (χ2n) is 7.73. The number of likely N-dealkylation sites (tertiary alicyclic amines) is 1. The van der Waals surface area contributed by atoms with Gasteiger partial charge in [0, 0.05) is 24.7 Å². The summed E-state index contributed by atoms with van der Waals surface area (Å²) in [5, 5.41) is 8.97. The Morgan fingerprint density at radius 1 is 1.07 bits per heavy atom. The molecule has 0 spiro atoms. The van der Waals surface area contributed by atoms with Crippen LogP contribution in [0.15, 0.2) is 24.3 Å². The Labute approximate surface area is 161 Å². The predicted molar refractivity (Wildman–Crippen MR) is 103 cm³/mol. The maximum absolute atomic E-state index is 12.8. The van der Waals surface area contributed by atoms with E-state index in [1.165, 1.54) is 12.8 Å². The lowest BCUT2D eigenvalue weighted by atomic mass is 10.1. The van der Waals surface area contributed by atoms with Crippen LogP contribution in [0.1, 0.15) is 55.3 Å². The van der Waals surface area contributed by atoms with E-state index in [0.29, 0.717) is 18.2 Å². The summed E-state index contributed by atoms with van der Waals surface area (Å²) in [5.74, 6) is 0.0724. The number of hydrogen-bond donors (Lipinski definition) is 1. The van der Waals surface area contributed by atoms with Gasteiger partial charge in [0.25, 0.3) is 5.91 Å². The molecule has 1 aromatic carbocycles. The van der Waals surface area contributed by atoms with Gasteiger partial charge in [-0.15, -0.1) is 0 Å². The number of carboxylic acid groups (broad SMARTS) is 1. The minimum Gasteiger partial charge on any atom is -0.490 e. The molecule has 6 nitrogen and oxygen atoms in total. The zero-order valence-electron chi connectivity index (χ0n) is 16.1. The summed E-state index contributed by atoms with van der Waals surface area (Å²) in [6.45, 7) is 1.42. The van der Waals surface area contributed by atoms with Gasteiger partial charge in [0.1, 0.15) is 5.75 Å². The van der Waals surface area contributed by atoms with E-state index in [9.17, 15) is 9.59 Å². The van der Waals surface area contributed by atoms with Gasteiger partial charge >= 0.3 is 5.97 Å². The first-order valence-electron chi connectivity index (χ1n) is 10.0. The van der Waals surface area contributed by atoms with E-state index in [1.54, 1.807) is 0 Å². The van der Waals surface area contributed by atoms with Crippen molar-refractivity contribution in [1.29, 1.82) is 0 Å². The first-order valence-corrected chi connectivity index (χ1v) is 10.0. The highest BCUT2D eigenvalue weighted by molar-refractivity contribution is 5.94. The lowest BCUT2D eigenvalue weighted by molar-refractivity contribution is -0.138. The Morgan fingerprint density at radius 3 is 2.44 bits per heavy atom. The van der Waals surface area contributed by atoms with Crippen LogP contribution in [-0.2, 0) is 4.79 Å². The molecule has 1 aliphatic carbocycles. The van der Waals surface area contributed by atoms with Crippen LogP contribution in [0, 0.1) is 0 Å². The van der Waals surface area contributed by atoms with Gasteiger partial charge in [-0.1, -0.05) is 0 Å². The zero-order valence-corrected chi connectivity index (χ0v) is 16.1. The number of carboxylic acids is 1. The molecule has 1 atom stereocenters. The number of likely N-dealkylation sites (N-methyl/N-ethyl adjacent to an activating group) is 1. The molecule has 1 N–H and O–H groups in total. The molecule has 2 fully saturated rings. The number of benzene rings is 1. The molecule has 1 saturated heterocycles. The highest BCUT2D eigenvalue weighted by Crippen LogP contribution is 2.25. The van der Waals surface area contributed by atoms with Gasteiger partial charge in [-0.25, -0.2) is 0 Å². The summed E-state index contributed by atoms with van der Waals surface area (Å²) in [6.07, 6.45) is 7.63. The molecule has 0 aromatic heterocycles. The minimum atomic E-state index is -0.811. The Kier molecular flexibility index (Phi) is 6.72. The third-order valence-electron chi connectivity index (χ3n) is 5.70. The highest BCUT2D eigenvalue weighted by atomic mass is 16.5. The topological polar surface area (TPSA) is 70.1 Å². The normalized spacial score (nSPS) is 21.3. The molecule has 6 heteroatoms. The second kappa shape index (κ2) is 9.22. The highest BCUT2D eigenvalue weighted by Gasteiger charge is 2.24. The number of rotatable bonds is 6. The first-order chi connectivity index (χ1) is 13.0. The maximum Gasteiger partial charge on any atom is 0.317 e. The maximum atomic E-state index is 12.8. The number of carbonyl (C=O) groups is 2. The number of aliphatic carboxylic acids is 1. The average molecular weight is 374 g/mol. The summed E-state index contributed by atoms with van der Waals surface area (Å²) in [6, 6.07) is 7.71. The Bertz CT molecular complexity index is 640. The molecule has 2 aliphatic rings. The summed E-state index contributed by atoms with van der Waals surface area (Å²) >= 11 is 0. The molecule has 1 saturated carbocycles. The Hall–Kier alpha value is -2.08. The fourth-order valence-corrected chi connectivity index (χ4v) is 4.12. The predicted octanol–water partition coefficient (Wildman–Crippen LogP) is 3.02. The molecule has 148 valence electrons.